The zero-order chi connectivity index (χ0) is 8.97. The molecule has 2 heteroatoms. The summed E-state index contributed by atoms with van der Waals surface area (Å²) in [7, 11) is 0. The van der Waals surface area contributed by atoms with Gasteiger partial charge in [0.1, 0.15) is 0 Å². The summed E-state index contributed by atoms with van der Waals surface area (Å²) in [5, 5.41) is 0. The van der Waals surface area contributed by atoms with Crippen molar-refractivity contribution in [2.45, 2.75) is 33.0 Å². The van der Waals surface area contributed by atoms with Crippen LogP contribution >= 0.6 is 0 Å². The predicted molar refractivity (Wildman–Crippen MR) is 47.6 cm³/mol. The Hall–Kier alpha value is -0.0800. The molecule has 0 N–H and O–H groups in total. The molecular formula is C10H18O2. The first kappa shape index (κ1) is 10.0. The zero-order valence-electron chi connectivity index (χ0n) is 7.95. The molecule has 2 radical (unpaired) electrons. The van der Waals surface area contributed by atoms with E-state index in [0.29, 0.717) is 5.92 Å². The van der Waals surface area contributed by atoms with Crippen molar-refractivity contribution < 1.29 is 9.47 Å². The Kier molecular flexibility index (Phi) is 4.02. The smallest absolute Gasteiger partial charge is 0.157 e. The van der Waals surface area contributed by atoms with Crippen LogP contribution in [0.4, 0.5) is 0 Å². The minimum atomic E-state index is 0.00491. The molecule has 0 bridgehead atoms. The van der Waals surface area contributed by atoms with E-state index in [2.05, 4.69) is 13.8 Å². The van der Waals surface area contributed by atoms with E-state index in [1.54, 1.807) is 0 Å². The molecule has 1 aliphatic heterocycles. The Morgan fingerprint density at radius 3 is 2.33 bits per heavy atom. The van der Waals surface area contributed by atoms with Crippen molar-refractivity contribution in [1.29, 1.82) is 0 Å². The second kappa shape index (κ2) is 4.83. The molecule has 1 unspecified atom stereocenters. The van der Waals surface area contributed by atoms with E-state index in [-0.39, 0.29) is 12.2 Å². The van der Waals surface area contributed by atoms with Gasteiger partial charge in [-0.05, 0) is 19.3 Å². The summed E-state index contributed by atoms with van der Waals surface area (Å²) < 4.78 is 10.9. The first-order valence-electron chi connectivity index (χ1n) is 4.76. The summed E-state index contributed by atoms with van der Waals surface area (Å²) in [5.74, 6) is 0.612. The van der Waals surface area contributed by atoms with E-state index in [1.165, 1.54) is 0 Å². The van der Waals surface area contributed by atoms with E-state index in [9.17, 15) is 0 Å². The molecule has 1 aliphatic rings. The largest absolute Gasteiger partial charge is 0.352 e. The summed E-state index contributed by atoms with van der Waals surface area (Å²) in [5.41, 5.74) is 0. The van der Waals surface area contributed by atoms with Crippen LogP contribution in [0.1, 0.15) is 26.7 Å². The summed E-state index contributed by atoms with van der Waals surface area (Å²) in [6.45, 7) is 11.5. The lowest BCUT2D eigenvalue weighted by Crippen LogP contribution is -2.34. The van der Waals surface area contributed by atoms with Gasteiger partial charge >= 0.3 is 0 Å². The fraction of sp³-hybridized carbons (Fsp3) is 0.900. The third-order valence-electron chi connectivity index (χ3n) is 2.40. The monoisotopic (exact) mass is 170 g/mol. The molecule has 0 saturated carbocycles. The van der Waals surface area contributed by atoms with Crippen LogP contribution in [-0.4, -0.2) is 19.5 Å². The molecule has 0 aliphatic carbocycles. The van der Waals surface area contributed by atoms with Gasteiger partial charge in [0.2, 0.25) is 0 Å². The molecule has 70 valence electrons. The van der Waals surface area contributed by atoms with E-state index in [4.69, 9.17) is 16.4 Å². The molecule has 1 atom stereocenters. The van der Waals surface area contributed by atoms with Gasteiger partial charge < -0.3 is 9.47 Å². The van der Waals surface area contributed by atoms with Gasteiger partial charge in [0.05, 0.1) is 13.2 Å². The third-order valence-corrected chi connectivity index (χ3v) is 2.40. The number of hydrogen-bond acceptors (Lipinski definition) is 2. The minimum Gasteiger partial charge on any atom is -0.352 e. The Bertz CT molecular complexity index is 117. The lowest BCUT2D eigenvalue weighted by atomic mass is 9.93. The van der Waals surface area contributed by atoms with E-state index < -0.39 is 0 Å². The summed E-state index contributed by atoms with van der Waals surface area (Å²) in [6, 6.07) is 0. The second-order valence-electron chi connectivity index (χ2n) is 3.34. The van der Waals surface area contributed by atoms with Gasteiger partial charge in [-0.15, -0.1) is 0 Å². The van der Waals surface area contributed by atoms with Gasteiger partial charge in [-0.1, -0.05) is 20.3 Å². The van der Waals surface area contributed by atoms with Crippen LogP contribution in [0, 0.1) is 18.8 Å². The maximum absolute atomic E-state index is 5.87. The molecule has 0 spiro atoms. The first-order chi connectivity index (χ1) is 5.77. The van der Waals surface area contributed by atoms with Gasteiger partial charge in [0.25, 0.3) is 0 Å². The quantitative estimate of drug-likeness (QED) is 0.646. The maximum Gasteiger partial charge on any atom is 0.157 e. The van der Waals surface area contributed by atoms with Crippen molar-refractivity contribution in [2.24, 2.45) is 11.8 Å². The molecule has 1 rings (SSSR count). The lowest BCUT2D eigenvalue weighted by molar-refractivity contribution is -0.206. The number of ether oxygens (including phenoxy) is 2. The van der Waals surface area contributed by atoms with E-state index >= 15 is 0 Å². The molecule has 0 aromatic rings. The fourth-order valence-corrected chi connectivity index (χ4v) is 1.37. The molecule has 0 aromatic carbocycles. The van der Waals surface area contributed by atoms with Crippen LogP contribution in [0.15, 0.2) is 0 Å². The van der Waals surface area contributed by atoms with E-state index in [0.717, 1.165) is 26.1 Å². The average molecular weight is 170 g/mol. The van der Waals surface area contributed by atoms with Gasteiger partial charge in [0.15, 0.2) is 6.29 Å². The SMILES string of the molecule is [CH]C(CC)C1COC(CC)OC1. The first-order valence-corrected chi connectivity index (χ1v) is 4.76. The van der Waals surface area contributed by atoms with Crippen molar-refractivity contribution in [2.75, 3.05) is 13.2 Å². The van der Waals surface area contributed by atoms with Gasteiger partial charge in [-0.3, -0.25) is 0 Å². The molecule has 0 aromatic heterocycles. The highest BCUT2D eigenvalue weighted by Gasteiger charge is 2.24. The molecule has 2 nitrogen and oxygen atoms in total. The van der Waals surface area contributed by atoms with Crippen LogP contribution in [0.2, 0.25) is 0 Å². The number of hydrogen-bond donors (Lipinski definition) is 0. The molecule has 1 heterocycles. The highest BCUT2D eigenvalue weighted by molar-refractivity contribution is 4.72. The lowest BCUT2D eigenvalue weighted by Gasteiger charge is -2.31. The molecule has 0 amide bonds. The normalized spacial score (nSPS) is 33.2. The van der Waals surface area contributed by atoms with Gasteiger partial charge in [0, 0.05) is 5.92 Å². The van der Waals surface area contributed by atoms with Crippen LogP contribution in [0.3, 0.4) is 0 Å². The Morgan fingerprint density at radius 2 is 1.92 bits per heavy atom. The third kappa shape index (κ3) is 2.46. The van der Waals surface area contributed by atoms with Crippen molar-refractivity contribution in [3.05, 3.63) is 6.92 Å². The van der Waals surface area contributed by atoms with Crippen molar-refractivity contribution in [3.8, 4) is 0 Å². The van der Waals surface area contributed by atoms with Crippen molar-refractivity contribution in [3.63, 3.8) is 0 Å². The Labute approximate surface area is 75.2 Å². The Balaban J connectivity index is 2.25. The van der Waals surface area contributed by atoms with Crippen LogP contribution in [-0.2, 0) is 9.47 Å². The molecule has 1 fully saturated rings. The van der Waals surface area contributed by atoms with Crippen LogP contribution in [0.25, 0.3) is 0 Å². The highest BCUT2D eigenvalue weighted by Crippen LogP contribution is 2.21. The summed E-state index contributed by atoms with van der Waals surface area (Å²) in [6.07, 6.45) is 1.92. The van der Waals surface area contributed by atoms with Crippen molar-refractivity contribution >= 4 is 0 Å². The summed E-state index contributed by atoms with van der Waals surface area (Å²) >= 11 is 0. The van der Waals surface area contributed by atoms with Gasteiger partial charge in [-0.2, -0.15) is 0 Å². The molecule has 1 saturated heterocycles. The second-order valence-corrected chi connectivity index (χ2v) is 3.34. The topological polar surface area (TPSA) is 18.5 Å². The van der Waals surface area contributed by atoms with Gasteiger partial charge in [-0.25, -0.2) is 0 Å². The maximum atomic E-state index is 5.87. The molecular weight excluding hydrogens is 152 g/mol. The Morgan fingerprint density at radius 1 is 1.33 bits per heavy atom. The van der Waals surface area contributed by atoms with Crippen LogP contribution in [0.5, 0.6) is 0 Å². The predicted octanol–water partition coefficient (Wildman–Crippen LogP) is 2.12. The van der Waals surface area contributed by atoms with E-state index in [1.807, 2.05) is 0 Å². The van der Waals surface area contributed by atoms with Crippen LogP contribution < -0.4 is 0 Å². The standard InChI is InChI=1S/C10H18O2/c1-4-8(3)9-6-11-10(5-2)12-7-9/h3,8-10H,4-7H2,1-2H3. The average Bonchev–Trinajstić information content (AvgIpc) is 2.17. The zero-order valence-corrected chi connectivity index (χ0v) is 7.95. The summed E-state index contributed by atoms with van der Waals surface area (Å²) in [4.78, 5) is 0. The minimum absolute atomic E-state index is 0.00491. The fourth-order valence-electron chi connectivity index (χ4n) is 1.37. The highest BCUT2D eigenvalue weighted by atomic mass is 16.7. The number of rotatable bonds is 3. The molecule has 12 heavy (non-hydrogen) atoms. The van der Waals surface area contributed by atoms with Crippen molar-refractivity contribution in [1.82, 2.24) is 0 Å².